The lowest BCUT2D eigenvalue weighted by Gasteiger charge is -2.05. The van der Waals surface area contributed by atoms with E-state index in [1.165, 1.54) is 6.07 Å². The molecule has 0 saturated heterocycles. The van der Waals surface area contributed by atoms with Crippen molar-refractivity contribution in [1.82, 2.24) is 25.0 Å². The first kappa shape index (κ1) is 12.2. The average molecular weight is 284 g/mol. The first-order valence-corrected chi connectivity index (χ1v) is 6.86. The van der Waals surface area contributed by atoms with Gasteiger partial charge in [-0.1, -0.05) is 23.4 Å². The molecule has 2 heterocycles. The van der Waals surface area contributed by atoms with Gasteiger partial charge in [0.2, 0.25) is 5.95 Å². The lowest BCUT2D eigenvalue weighted by atomic mass is 10.2. The van der Waals surface area contributed by atoms with Crippen molar-refractivity contribution in [2.45, 2.75) is 25.4 Å². The van der Waals surface area contributed by atoms with E-state index in [1.807, 2.05) is 0 Å². The van der Waals surface area contributed by atoms with Crippen LogP contribution in [-0.2, 0) is 6.54 Å². The maximum absolute atomic E-state index is 13.7. The molecule has 6 nitrogen and oxygen atoms in total. The Hall–Kier alpha value is -2.57. The molecule has 106 valence electrons. The first-order valence-electron chi connectivity index (χ1n) is 6.86. The number of benzene rings is 1. The van der Waals surface area contributed by atoms with Crippen LogP contribution in [0.1, 0.15) is 18.4 Å². The van der Waals surface area contributed by atoms with Gasteiger partial charge in [-0.05, 0) is 18.9 Å². The Morgan fingerprint density at radius 3 is 2.95 bits per heavy atom. The van der Waals surface area contributed by atoms with E-state index in [9.17, 15) is 4.39 Å². The van der Waals surface area contributed by atoms with Crippen molar-refractivity contribution in [1.29, 1.82) is 0 Å². The van der Waals surface area contributed by atoms with Crippen LogP contribution in [0.3, 0.4) is 0 Å². The molecule has 0 radical (unpaired) electrons. The summed E-state index contributed by atoms with van der Waals surface area (Å²) in [6, 6.07) is 7.10. The number of rotatable bonds is 4. The zero-order valence-electron chi connectivity index (χ0n) is 11.2. The fourth-order valence-corrected chi connectivity index (χ4v) is 2.15. The lowest BCUT2D eigenvalue weighted by Crippen LogP contribution is -2.08. The number of aromatic nitrogens is 5. The number of nitrogens with zero attached hydrogens (tertiary/aromatic N) is 5. The quantitative estimate of drug-likeness (QED) is 0.793. The molecule has 0 bridgehead atoms. The Balaban J connectivity index is 1.69. The van der Waals surface area contributed by atoms with Crippen molar-refractivity contribution in [3.8, 4) is 0 Å². The highest BCUT2D eigenvalue weighted by molar-refractivity contribution is 5.69. The Labute approximate surface area is 120 Å². The summed E-state index contributed by atoms with van der Waals surface area (Å²) in [4.78, 5) is 8.65. The second-order valence-corrected chi connectivity index (χ2v) is 5.16. The molecule has 0 amide bonds. The van der Waals surface area contributed by atoms with Gasteiger partial charge in [0.1, 0.15) is 5.82 Å². The summed E-state index contributed by atoms with van der Waals surface area (Å²) >= 11 is 0. The van der Waals surface area contributed by atoms with Gasteiger partial charge < -0.3 is 5.32 Å². The molecular formula is C14H13FN6. The van der Waals surface area contributed by atoms with Gasteiger partial charge in [-0.3, -0.25) is 0 Å². The molecule has 21 heavy (non-hydrogen) atoms. The van der Waals surface area contributed by atoms with Crippen LogP contribution in [0.15, 0.2) is 30.5 Å². The SMILES string of the molecule is Fc1ccccc1Cn1nnc2cnc(NC3CC3)nc21. The monoisotopic (exact) mass is 284 g/mol. The number of fused-ring (bicyclic) bond motifs is 1. The van der Waals surface area contributed by atoms with Gasteiger partial charge in [0, 0.05) is 11.6 Å². The smallest absolute Gasteiger partial charge is 0.225 e. The minimum absolute atomic E-state index is 0.258. The highest BCUT2D eigenvalue weighted by Gasteiger charge is 2.22. The van der Waals surface area contributed by atoms with Crippen LogP contribution in [0.4, 0.5) is 10.3 Å². The fraction of sp³-hybridized carbons (Fsp3) is 0.286. The van der Waals surface area contributed by atoms with E-state index < -0.39 is 0 Å². The average Bonchev–Trinajstić information content (AvgIpc) is 3.22. The maximum atomic E-state index is 13.7. The molecule has 7 heteroatoms. The Morgan fingerprint density at radius 2 is 2.14 bits per heavy atom. The third-order valence-electron chi connectivity index (χ3n) is 3.44. The summed E-state index contributed by atoms with van der Waals surface area (Å²) in [5, 5.41) is 11.3. The van der Waals surface area contributed by atoms with E-state index >= 15 is 0 Å². The third-order valence-corrected chi connectivity index (χ3v) is 3.44. The predicted molar refractivity (Wildman–Crippen MR) is 75.3 cm³/mol. The highest BCUT2D eigenvalue weighted by Crippen LogP contribution is 2.23. The van der Waals surface area contributed by atoms with Crippen molar-refractivity contribution in [3.63, 3.8) is 0 Å². The fourth-order valence-electron chi connectivity index (χ4n) is 2.15. The van der Waals surface area contributed by atoms with Crippen LogP contribution in [0, 0.1) is 5.82 Å². The minimum atomic E-state index is -0.258. The first-order chi connectivity index (χ1) is 10.3. The zero-order valence-corrected chi connectivity index (χ0v) is 11.2. The molecule has 1 N–H and O–H groups in total. The van der Waals surface area contributed by atoms with Gasteiger partial charge in [-0.2, -0.15) is 4.98 Å². The third kappa shape index (κ3) is 2.42. The van der Waals surface area contributed by atoms with Crippen molar-refractivity contribution in [2.75, 3.05) is 5.32 Å². The highest BCUT2D eigenvalue weighted by atomic mass is 19.1. The second kappa shape index (κ2) is 4.76. The van der Waals surface area contributed by atoms with E-state index in [1.54, 1.807) is 29.1 Å². The molecule has 0 unspecified atom stereocenters. The van der Waals surface area contributed by atoms with Gasteiger partial charge in [0.05, 0.1) is 12.7 Å². The van der Waals surface area contributed by atoms with Crippen LogP contribution < -0.4 is 5.32 Å². The number of halogens is 1. The van der Waals surface area contributed by atoms with Gasteiger partial charge in [0.25, 0.3) is 0 Å². The van der Waals surface area contributed by atoms with Gasteiger partial charge in [-0.15, -0.1) is 5.10 Å². The molecule has 4 rings (SSSR count). The molecule has 1 saturated carbocycles. The normalized spacial score (nSPS) is 14.5. The van der Waals surface area contributed by atoms with Gasteiger partial charge in [0.15, 0.2) is 11.2 Å². The number of hydrogen-bond donors (Lipinski definition) is 1. The van der Waals surface area contributed by atoms with Crippen molar-refractivity contribution >= 4 is 17.1 Å². The summed E-state index contributed by atoms with van der Waals surface area (Å²) < 4.78 is 15.3. The van der Waals surface area contributed by atoms with E-state index in [4.69, 9.17) is 0 Å². The van der Waals surface area contributed by atoms with Crippen LogP contribution in [0.2, 0.25) is 0 Å². The van der Waals surface area contributed by atoms with Gasteiger partial charge in [-0.25, -0.2) is 14.1 Å². The molecule has 1 aliphatic carbocycles. The molecule has 0 spiro atoms. The van der Waals surface area contributed by atoms with Crippen molar-refractivity contribution in [2.24, 2.45) is 0 Å². The van der Waals surface area contributed by atoms with Crippen LogP contribution in [-0.4, -0.2) is 31.0 Å². The van der Waals surface area contributed by atoms with E-state index in [0.717, 1.165) is 12.8 Å². The predicted octanol–water partition coefficient (Wildman–Crippen LogP) is 1.98. The molecular weight excluding hydrogens is 271 g/mol. The number of nitrogens with one attached hydrogen (secondary N) is 1. The summed E-state index contributed by atoms with van der Waals surface area (Å²) in [6.07, 6.45) is 3.93. The Kier molecular flexibility index (Phi) is 2.77. The molecule has 1 fully saturated rings. The van der Waals surface area contributed by atoms with Crippen LogP contribution >= 0.6 is 0 Å². The van der Waals surface area contributed by atoms with Crippen molar-refractivity contribution < 1.29 is 4.39 Å². The maximum Gasteiger partial charge on any atom is 0.225 e. The van der Waals surface area contributed by atoms with E-state index in [-0.39, 0.29) is 5.82 Å². The molecule has 0 atom stereocenters. The molecule has 2 aromatic heterocycles. The van der Waals surface area contributed by atoms with E-state index in [2.05, 4.69) is 25.6 Å². The van der Waals surface area contributed by atoms with Gasteiger partial charge >= 0.3 is 0 Å². The Morgan fingerprint density at radius 1 is 1.29 bits per heavy atom. The summed E-state index contributed by atoms with van der Waals surface area (Å²) in [7, 11) is 0. The summed E-state index contributed by atoms with van der Waals surface area (Å²) in [5.74, 6) is 0.314. The topological polar surface area (TPSA) is 68.5 Å². The lowest BCUT2D eigenvalue weighted by molar-refractivity contribution is 0.582. The molecule has 1 aliphatic rings. The van der Waals surface area contributed by atoms with Crippen LogP contribution in [0.25, 0.3) is 11.2 Å². The minimum Gasteiger partial charge on any atom is -0.351 e. The van der Waals surface area contributed by atoms with Crippen LogP contribution in [0.5, 0.6) is 0 Å². The number of anilines is 1. The van der Waals surface area contributed by atoms with E-state index in [0.29, 0.717) is 35.3 Å². The Bertz CT molecular complexity index is 795. The summed E-state index contributed by atoms with van der Waals surface area (Å²) in [5.41, 5.74) is 1.77. The standard InChI is InChI=1S/C14H13FN6/c15-11-4-2-1-3-9(11)8-21-13-12(19-20-21)7-16-14(18-13)17-10-5-6-10/h1-4,7,10H,5-6,8H2,(H,16,17,18). The molecule has 0 aliphatic heterocycles. The second-order valence-electron chi connectivity index (χ2n) is 5.16. The largest absolute Gasteiger partial charge is 0.351 e. The number of hydrogen-bond acceptors (Lipinski definition) is 5. The summed E-state index contributed by atoms with van der Waals surface area (Å²) in [6.45, 7) is 0.295. The zero-order chi connectivity index (χ0) is 14.2. The molecule has 1 aromatic carbocycles. The molecule has 3 aromatic rings. The van der Waals surface area contributed by atoms with Crippen molar-refractivity contribution in [3.05, 3.63) is 41.8 Å².